The highest BCUT2D eigenvalue weighted by Gasteiger charge is 2.44. The number of benzene rings is 1. The molecule has 178 valence electrons. The van der Waals surface area contributed by atoms with Gasteiger partial charge in [0, 0.05) is 45.1 Å². The predicted octanol–water partition coefficient (Wildman–Crippen LogP) is 3.37. The molecule has 2 fully saturated rings. The topological polar surface area (TPSA) is 69.9 Å². The summed E-state index contributed by atoms with van der Waals surface area (Å²) in [5, 5.41) is 0. The van der Waals surface area contributed by atoms with E-state index in [1.165, 1.54) is 12.1 Å². The minimum absolute atomic E-state index is 0.00461. The fourth-order valence-electron chi connectivity index (χ4n) is 4.71. The van der Waals surface area contributed by atoms with Gasteiger partial charge in [0.1, 0.15) is 11.6 Å². The van der Waals surface area contributed by atoms with Gasteiger partial charge in [-0.1, -0.05) is 32.9 Å². The second-order valence-electron chi connectivity index (χ2n) is 10.1. The number of hydrogen-bond donors (Lipinski definition) is 0. The Labute approximate surface area is 194 Å². The van der Waals surface area contributed by atoms with Gasteiger partial charge < -0.3 is 14.2 Å². The number of carbonyl (C=O) groups is 2. The van der Waals surface area contributed by atoms with Crippen molar-refractivity contribution < 1.29 is 18.4 Å². The second-order valence-corrected chi connectivity index (χ2v) is 10.1. The van der Waals surface area contributed by atoms with Crippen LogP contribution in [-0.4, -0.2) is 64.7 Å². The summed E-state index contributed by atoms with van der Waals surface area (Å²) in [6.45, 7) is 9.71. The highest BCUT2D eigenvalue weighted by Crippen LogP contribution is 2.38. The van der Waals surface area contributed by atoms with Crippen molar-refractivity contribution in [3.63, 3.8) is 0 Å². The van der Waals surface area contributed by atoms with Crippen LogP contribution in [0.5, 0.6) is 0 Å². The predicted molar refractivity (Wildman–Crippen MR) is 122 cm³/mol. The lowest BCUT2D eigenvalue weighted by molar-refractivity contribution is -0.136. The molecule has 2 aromatic rings. The van der Waals surface area contributed by atoms with Crippen LogP contribution in [-0.2, 0) is 21.5 Å². The lowest BCUT2D eigenvalue weighted by atomic mass is 9.92. The van der Waals surface area contributed by atoms with Gasteiger partial charge >= 0.3 is 0 Å². The Hall–Kier alpha value is -2.74. The molecule has 2 aliphatic heterocycles. The van der Waals surface area contributed by atoms with Crippen LogP contribution in [0.3, 0.4) is 0 Å². The molecule has 0 N–H and O–H groups in total. The van der Waals surface area contributed by atoms with Crippen molar-refractivity contribution in [3.05, 3.63) is 53.5 Å². The van der Waals surface area contributed by atoms with E-state index in [9.17, 15) is 14.0 Å². The van der Waals surface area contributed by atoms with Gasteiger partial charge in [0.25, 0.3) is 0 Å². The van der Waals surface area contributed by atoms with Crippen LogP contribution in [0.2, 0.25) is 0 Å². The molecule has 2 unspecified atom stereocenters. The summed E-state index contributed by atoms with van der Waals surface area (Å²) in [7, 11) is 1.72. The van der Waals surface area contributed by atoms with Gasteiger partial charge in [0.05, 0.1) is 24.7 Å². The van der Waals surface area contributed by atoms with E-state index in [0.717, 1.165) is 30.8 Å². The molecule has 2 aliphatic rings. The summed E-state index contributed by atoms with van der Waals surface area (Å²) < 4.78 is 19.4. The van der Waals surface area contributed by atoms with Gasteiger partial charge in [-0.25, -0.2) is 9.37 Å². The lowest BCUT2D eigenvalue weighted by Crippen LogP contribution is -2.40. The molecule has 0 spiro atoms. The van der Waals surface area contributed by atoms with Gasteiger partial charge in [-0.05, 0) is 24.1 Å². The van der Waals surface area contributed by atoms with Crippen molar-refractivity contribution in [1.29, 1.82) is 0 Å². The molecule has 3 heterocycles. The third-order valence-electron chi connectivity index (χ3n) is 6.67. The molecular weight excluding hydrogens is 423 g/mol. The molecule has 0 radical (unpaired) electrons. The Morgan fingerprint density at radius 3 is 2.55 bits per heavy atom. The number of nitrogens with zero attached hydrogens (tertiary/aromatic N) is 4. The molecule has 0 bridgehead atoms. The van der Waals surface area contributed by atoms with Crippen molar-refractivity contribution in [3.8, 4) is 0 Å². The zero-order chi connectivity index (χ0) is 23.8. The average molecular weight is 457 g/mol. The first-order valence-electron chi connectivity index (χ1n) is 11.6. The Balaban J connectivity index is 1.42. The van der Waals surface area contributed by atoms with E-state index in [2.05, 4.69) is 30.7 Å². The number of carbonyl (C=O) groups excluding carboxylic acids is 2. The van der Waals surface area contributed by atoms with E-state index in [0.29, 0.717) is 25.5 Å². The van der Waals surface area contributed by atoms with Crippen LogP contribution in [0.25, 0.3) is 0 Å². The largest absolute Gasteiger partial charge is 0.444 e. The molecule has 4 rings (SSSR count). The third kappa shape index (κ3) is 5.11. The Bertz CT molecular complexity index is 998. The summed E-state index contributed by atoms with van der Waals surface area (Å²) in [4.78, 5) is 36.2. The fraction of sp³-hybridized carbons (Fsp3) is 0.560. The first kappa shape index (κ1) is 23.4. The molecule has 33 heavy (non-hydrogen) atoms. The normalized spacial score (nSPS) is 22.6. The maximum Gasteiger partial charge on any atom is 0.228 e. The molecule has 0 saturated carbocycles. The monoisotopic (exact) mass is 456 g/mol. The highest BCUT2D eigenvalue weighted by atomic mass is 19.1. The van der Waals surface area contributed by atoms with E-state index in [4.69, 9.17) is 4.42 Å². The Morgan fingerprint density at radius 1 is 1.15 bits per heavy atom. The van der Waals surface area contributed by atoms with Crippen LogP contribution in [0.15, 0.2) is 34.9 Å². The smallest absolute Gasteiger partial charge is 0.228 e. The first-order chi connectivity index (χ1) is 15.6. The molecular formula is C25H33FN4O3. The lowest BCUT2D eigenvalue weighted by Gasteiger charge is -2.29. The quantitative estimate of drug-likeness (QED) is 0.706. The maximum atomic E-state index is 13.5. The van der Waals surface area contributed by atoms with Gasteiger partial charge in [-0.3, -0.25) is 14.5 Å². The molecule has 2 amide bonds. The summed E-state index contributed by atoms with van der Waals surface area (Å²) in [6, 6.07) is 5.73. The summed E-state index contributed by atoms with van der Waals surface area (Å²) in [5.74, 6) is 0.709. The zero-order valence-electron chi connectivity index (χ0n) is 19.9. The van der Waals surface area contributed by atoms with E-state index >= 15 is 0 Å². The van der Waals surface area contributed by atoms with Crippen molar-refractivity contribution in [1.82, 2.24) is 19.7 Å². The summed E-state index contributed by atoms with van der Waals surface area (Å²) >= 11 is 0. The number of oxazole rings is 1. The number of halogens is 1. The maximum absolute atomic E-state index is 13.5. The molecule has 2 atom stereocenters. The van der Waals surface area contributed by atoms with Crippen molar-refractivity contribution in [2.45, 2.75) is 51.6 Å². The van der Waals surface area contributed by atoms with Gasteiger partial charge in [-0.15, -0.1) is 0 Å². The zero-order valence-corrected chi connectivity index (χ0v) is 19.9. The SMILES string of the molecule is CN1C(=O)CC(C(=O)N2CCCN(Cc3ncc(C(C)(C)C)o3)CC2)C1c1ccc(F)cc1. The molecule has 1 aromatic heterocycles. The fourth-order valence-corrected chi connectivity index (χ4v) is 4.71. The highest BCUT2D eigenvalue weighted by molar-refractivity contribution is 5.90. The summed E-state index contributed by atoms with van der Waals surface area (Å²) in [5.41, 5.74) is 0.707. The third-order valence-corrected chi connectivity index (χ3v) is 6.67. The van der Waals surface area contributed by atoms with Crippen LogP contribution in [0.4, 0.5) is 4.39 Å². The molecule has 8 heteroatoms. The van der Waals surface area contributed by atoms with E-state index in [1.807, 2.05) is 4.90 Å². The van der Waals surface area contributed by atoms with Gasteiger partial charge in [0.15, 0.2) is 0 Å². The first-order valence-corrected chi connectivity index (χ1v) is 11.6. The van der Waals surface area contributed by atoms with Crippen LogP contribution >= 0.6 is 0 Å². The van der Waals surface area contributed by atoms with Gasteiger partial charge in [-0.2, -0.15) is 0 Å². The number of hydrogen-bond acceptors (Lipinski definition) is 5. The standard InChI is InChI=1S/C25H33FN4O3/c1-25(2,3)20-15-27-21(33-20)16-29-10-5-11-30(13-12-29)24(32)19-14-22(31)28(4)23(19)17-6-8-18(26)9-7-17/h6-9,15,19,23H,5,10-14,16H2,1-4H3. The minimum atomic E-state index is -0.458. The molecule has 2 saturated heterocycles. The van der Waals surface area contributed by atoms with E-state index in [-0.39, 0.29) is 35.5 Å². The summed E-state index contributed by atoms with van der Waals surface area (Å²) in [6.07, 6.45) is 2.83. The van der Waals surface area contributed by atoms with Crippen LogP contribution in [0, 0.1) is 11.7 Å². The second kappa shape index (κ2) is 9.25. The molecule has 7 nitrogen and oxygen atoms in total. The van der Waals surface area contributed by atoms with E-state index in [1.54, 1.807) is 30.3 Å². The molecule has 0 aliphatic carbocycles. The molecule has 1 aromatic carbocycles. The number of rotatable bonds is 4. The number of amides is 2. The Kier molecular flexibility index (Phi) is 6.56. The number of likely N-dealkylation sites (tertiary alicyclic amines) is 1. The van der Waals surface area contributed by atoms with E-state index < -0.39 is 5.92 Å². The van der Waals surface area contributed by atoms with Crippen molar-refractivity contribution >= 4 is 11.8 Å². The van der Waals surface area contributed by atoms with Gasteiger partial charge in [0.2, 0.25) is 17.7 Å². The number of aromatic nitrogens is 1. The van der Waals surface area contributed by atoms with Crippen molar-refractivity contribution in [2.75, 3.05) is 33.2 Å². The average Bonchev–Trinajstić information content (AvgIpc) is 3.27. The minimum Gasteiger partial charge on any atom is -0.444 e. The van der Waals surface area contributed by atoms with Crippen LogP contribution < -0.4 is 0 Å². The Morgan fingerprint density at radius 2 is 1.88 bits per heavy atom. The van der Waals surface area contributed by atoms with Crippen molar-refractivity contribution in [2.24, 2.45) is 5.92 Å². The van der Waals surface area contributed by atoms with Crippen LogP contribution in [0.1, 0.15) is 56.9 Å².